The Morgan fingerprint density at radius 1 is 1.40 bits per heavy atom. The molecule has 0 aliphatic carbocycles. The lowest BCUT2D eigenvalue weighted by Gasteiger charge is -2.17. The number of carboxylic acid groups (broad SMARTS) is 1. The third kappa shape index (κ3) is 4.38. The van der Waals surface area contributed by atoms with E-state index in [0.29, 0.717) is 0 Å². The normalized spacial score (nSPS) is 12.1. The highest BCUT2D eigenvalue weighted by molar-refractivity contribution is 6.31. The van der Waals surface area contributed by atoms with E-state index in [4.69, 9.17) is 16.7 Å². The lowest BCUT2D eigenvalue weighted by atomic mass is 9.96. The van der Waals surface area contributed by atoms with Crippen molar-refractivity contribution in [2.24, 2.45) is 11.8 Å². The van der Waals surface area contributed by atoms with Crippen molar-refractivity contribution in [3.8, 4) is 0 Å². The van der Waals surface area contributed by atoms with E-state index in [2.05, 4.69) is 10.6 Å². The standard InChI is InChI=1S/C13H16ClFN2O3/c1-7(2)8(12(18)19)6-16-13(20)17-10-5-3-4-9(14)11(10)15/h3-5,7-8H,6H2,1-2H3,(H,18,19)(H2,16,17,20). The third-order valence-corrected chi connectivity index (χ3v) is 3.10. The van der Waals surface area contributed by atoms with Crippen molar-refractivity contribution in [3.63, 3.8) is 0 Å². The molecule has 5 nitrogen and oxygen atoms in total. The second-order valence-electron chi connectivity index (χ2n) is 4.63. The lowest BCUT2D eigenvalue weighted by Crippen LogP contribution is -2.37. The number of benzene rings is 1. The van der Waals surface area contributed by atoms with Crippen LogP contribution in [0, 0.1) is 17.7 Å². The van der Waals surface area contributed by atoms with Crippen molar-refractivity contribution in [1.29, 1.82) is 0 Å². The third-order valence-electron chi connectivity index (χ3n) is 2.80. The van der Waals surface area contributed by atoms with Crippen molar-refractivity contribution in [3.05, 3.63) is 29.0 Å². The molecule has 1 aromatic carbocycles. The summed E-state index contributed by atoms with van der Waals surface area (Å²) in [6, 6.07) is 3.53. The van der Waals surface area contributed by atoms with Crippen LogP contribution in [0.5, 0.6) is 0 Å². The van der Waals surface area contributed by atoms with Gasteiger partial charge in [-0.05, 0) is 18.1 Å². The first kappa shape index (κ1) is 16.2. The summed E-state index contributed by atoms with van der Waals surface area (Å²) in [4.78, 5) is 22.6. The van der Waals surface area contributed by atoms with Gasteiger partial charge in [0.2, 0.25) is 0 Å². The molecule has 1 unspecified atom stereocenters. The van der Waals surface area contributed by atoms with Gasteiger partial charge in [-0.1, -0.05) is 31.5 Å². The molecule has 0 saturated carbocycles. The van der Waals surface area contributed by atoms with E-state index in [1.165, 1.54) is 18.2 Å². The van der Waals surface area contributed by atoms with Crippen LogP contribution in [0.25, 0.3) is 0 Å². The first-order valence-electron chi connectivity index (χ1n) is 6.04. The number of nitrogens with one attached hydrogen (secondary N) is 2. The average molecular weight is 303 g/mol. The molecule has 1 atom stereocenters. The van der Waals surface area contributed by atoms with Gasteiger partial charge in [-0.3, -0.25) is 4.79 Å². The van der Waals surface area contributed by atoms with E-state index in [9.17, 15) is 14.0 Å². The topological polar surface area (TPSA) is 78.4 Å². The number of hydrogen-bond acceptors (Lipinski definition) is 2. The zero-order chi connectivity index (χ0) is 15.3. The number of rotatable bonds is 5. The number of hydrogen-bond donors (Lipinski definition) is 3. The van der Waals surface area contributed by atoms with Crippen LogP contribution < -0.4 is 10.6 Å². The number of amides is 2. The number of anilines is 1. The van der Waals surface area contributed by atoms with Gasteiger partial charge < -0.3 is 15.7 Å². The summed E-state index contributed by atoms with van der Waals surface area (Å²) in [5.41, 5.74) is -0.0635. The highest BCUT2D eigenvalue weighted by atomic mass is 35.5. The first-order chi connectivity index (χ1) is 9.32. The van der Waals surface area contributed by atoms with Crippen LogP contribution in [-0.2, 0) is 4.79 Å². The van der Waals surface area contributed by atoms with E-state index < -0.39 is 23.7 Å². The molecule has 20 heavy (non-hydrogen) atoms. The highest BCUT2D eigenvalue weighted by Crippen LogP contribution is 2.21. The van der Waals surface area contributed by atoms with E-state index in [1.54, 1.807) is 13.8 Å². The van der Waals surface area contributed by atoms with Gasteiger partial charge in [0.25, 0.3) is 0 Å². The Balaban J connectivity index is 2.60. The summed E-state index contributed by atoms with van der Waals surface area (Å²) in [6.45, 7) is 3.45. The van der Waals surface area contributed by atoms with Gasteiger partial charge in [-0.2, -0.15) is 0 Å². The molecule has 0 aliphatic rings. The Kier molecular flexibility index (Phi) is 5.76. The first-order valence-corrected chi connectivity index (χ1v) is 6.42. The predicted molar refractivity (Wildman–Crippen MR) is 74.4 cm³/mol. The van der Waals surface area contributed by atoms with Crippen molar-refractivity contribution < 1.29 is 19.1 Å². The lowest BCUT2D eigenvalue weighted by molar-refractivity contribution is -0.142. The molecule has 0 bridgehead atoms. The molecule has 2 amide bonds. The fourth-order valence-corrected chi connectivity index (χ4v) is 1.75. The maximum absolute atomic E-state index is 13.5. The summed E-state index contributed by atoms with van der Waals surface area (Å²) in [6.07, 6.45) is 0. The van der Waals surface area contributed by atoms with Crippen LogP contribution in [0.15, 0.2) is 18.2 Å². The molecule has 1 rings (SSSR count). The Hall–Kier alpha value is -1.82. The Morgan fingerprint density at radius 3 is 2.60 bits per heavy atom. The maximum Gasteiger partial charge on any atom is 0.319 e. The van der Waals surface area contributed by atoms with Gasteiger partial charge in [0.1, 0.15) is 0 Å². The molecule has 1 aromatic rings. The summed E-state index contributed by atoms with van der Waals surface area (Å²) >= 11 is 5.58. The molecule has 0 fully saturated rings. The Morgan fingerprint density at radius 2 is 2.05 bits per heavy atom. The SMILES string of the molecule is CC(C)C(CNC(=O)Nc1cccc(Cl)c1F)C(=O)O. The number of urea groups is 1. The summed E-state index contributed by atoms with van der Waals surface area (Å²) in [7, 11) is 0. The van der Waals surface area contributed by atoms with Gasteiger partial charge in [0.15, 0.2) is 5.82 Å². The van der Waals surface area contributed by atoms with Gasteiger partial charge in [-0.25, -0.2) is 9.18 Å². The number of carboxylic acids is 1. The average Bonchev–Trinajstić information content (AvgIpc) is 2.34. The smallest absolute Gasteiger partial charge is 0.319 e. The largest absolute Gasteiger partial charge is 0.481 e. The van der Waals surface area contributed by atoms with Gasteiger partial charge >= 0.3 is 12.0 Å². The second-order valence-corrected chi connectivity index (χ2v) is 5.03. The Labute approximate surface area is 121 Å². The van der Waals surface area contributed by atoms with Crippen LogP contribution in [-0.4, -0.2) is 23.7 Å². The van der Waals surface area contributed by atoms with Gasteiger partial charge in [-0.15, -0.1) is 0 Å². The minimum atomic E-state index is -0.991. The number of halogens is 2. The van der Waals surface area contributed by atoms with Crippen LogP contribution >= 0.6 is 11.6 Å². The Bertz CT molecular complexity index is 508. The maximum atomic E-state index is 13.5. The highest BCUT2D eigenvalue weighted by Gasteiger charge is 2.22. The summed E-state index contributed by atoms with van der Waals surface area (Å²) in [5, 5.41) is 13.6. The zero-order valence-electron chi connectivity index (χ0n) is 11.1. The van der Waals surface area contributed by atoms with E-state index in [0.717, 1.165) is 0 Å². The van der Waals surface area contributed by atoms with E-state index in [-0.39, 0.29) is 23.2 Å². The molecule has 0 aromatic heterocycles. The quantitative estimate of drug-likeness (QED) is 0.782. The van der Waals surface area contributed by atoms with E-state index in [1.807, 2.05) is 0 Å². The molecule has 0 aliphatic heterocycles. The predicted octanol–water partition coefficient (Wildman–Crippen LogP) is 2.96. The van der Waals surface area contributed by atoms with Crippen molar-refractivity contribution in [2.45, 2.75) is 13.8 Å². The minimum Gasteiger partial charge on any atom is -0.481 e. The molecule has 7 heteroatoms. The fourth-order valence-electron chi connectivity index (χ4n) is 1.58. The number of aliphatic carboxylic acids is 1. The molecule has 3 N–H and O–H groups in total. The van der Waals surface area contributed by atoms with Crippen molar-refractivity contribution in [1.82, 2.24) is 5.32 Å². The zero-order valence-corrected chi connectivity index (χ0v) is 11.9. The van der Waals surface area contributed by atoms with Gasteiger partial charge in [0, 0.05) is 6.54 Å². The second kappa shape index (κ2) is 7.09. The molecular weight excluding hydrogens is 287 g/mol. The molecule has 0 radical (unpaired) electrons. The van der Waals surface area contributed by atoms with Crippen molar-refractivity contribution in [2.75, 3.05) is 11.9 Å². The van der Waals surface area contributed by atoms with Crippen LogP contribution in [0.1, 0.15) is 13.8 Å². The molecular formula is C13H16ClFN2O3. The monoisotopic (exact) mass is 302 g/mol. The van der Waals surface area contributed by atoms with Crippen LogP contribution in [0.2, 0.25) is 5.02 Å². The van der Waals surface area contributed by atoms with Crippen LogP contribution in [0.4, 0.5) is 14.9 Å². The molecule has 0 saturated heterocycles. The summed E-state index contributed by atoms with van der Waals surface area (Å²) in [5.74, 6) is -2.56. The molecule has 110 valence electrons. The minimum absolute atomic E-state index is 0.0407. The van der Waals surface area contributed by atoms with E-state index >= 15 is 0 Å². The molecule has 0 heterocycles. The molecule has 0 spiro atoms. The number of carbonyl (C=O) groups excluding carboxylic acids is 1. The number of carbonyl (C=O) groups is 2. The van der Waals surface area contributed by atoms with Crippen molar-refractivity contribution >= 4 is 29.3 Å². The summed E-state index contributed by atoms with van der Waals surface area (Å²) < 4.78 is 13.5. The van der Waals surface area contributed by atoms with Crippen LogP contribution in [0.3, 0.4) is 0 Å². The van der Waals surface area contributed by atoms with Gasteiger partial charge in [0.05, 0.1) is 16.6 Å². The fraction of sp³-hybridized carbons (Fsp3) is 0.385.